The van der Waals surface area contributed by atoms with Crippen LogP contribution in [0.4, 0.5) is 11.6 Å². The smallest absolute Gasteiger partial charge is 0.274 e. The molecule has 7 heteroatoms. The Bertz CT molecular complexity index is 915. The highest BCUT2D eigenvalue weighted by atomic mass is 16.5. The van der Waals surface area contributed by atoms with Crippen LogP contribution in [-0.2, 0) is 0 Å². The highest BCUT2D eigenvalue weighted by Crippen LogP contribution is 2.29. The predicted molar refractivity (Wildman–Crippen MR) is 110 cm³/mol. The second-order valence-corrected chi connectivity index (χ2v) is 6.36. The summed E-state index contributed by atoms with van der Waals surface area (Å²) in [5, 5.41) is 5.97. The summed E-state index contributed by atoms with van der Waals surface area (Å²) in [5.74, 6) is 1.34. The Hall–Kier alpha value is -3.45. The van der Waals surface area contributed by atoms with Gasteiger partial charge in [-0.05, 0) is 44.4 Å². The molecular weight excluding hydrogens is 354 g/mol. The molecule has 0 saturated heterocycles. The van der Waals surface area contributed by atoms with E-state index >= 15 is 0 Å². The molecule has 1 heterocycles. The lowest BCUT2D eigenvalue weighted by atomic mass is 10.2. The third-order valence-electron chi connectivity index (χ3n) is 3.84. The summed E-state index contributed by atoms with van der Waals surface area (Å²) < 4.78 is 5.88. The Labute approximate surface area is 164 Å². The van der Waals surface area contributed by atoms with E-state index in [4.69, 9.17) is 4.74 Å². The first-order valence-electron chi connectivity index (χ1n) is 8.97. The fourth-order valence-electron chi connectivity index (χ4n) is 2.42. The summed E-state index contributed by atoms with van der Waals surface area (Å²) in [5.41, 5.74) is 0.842. The maximum atomic E-state index is 12.7. The number of rotatable bonds is 8. The number of nitrogens with one attached hydrogen (secondary N) is 2. The van der Waals surface area contributed by atoms with Gasteiger partial charge in [0.25, 0.3) is 5.91 Å². The Morgan fingerprint density at radius 3 is 2.57 bits per heavy atom. The lowest BCUT2D eigenvalue weighted by Gasteiger charge is -2.13. The molecule has 0 radical (unpaired) electrons. The zero-order chi connectivity index (χ0) is 19.8. The molecule has 2 aromatic carbocycles. The second-order valence-electron chi connectivity index (χ2n) is 6.36. The SMILES string of the molecule is CN(C)CCNc1nccc(C(=O)Nc2ccccc2Oc2ccccc2)n1. The summed E-state index contributed by atoms with van der Waals surface area (Å²) in [4.78, 5) is 23.1. The first-order valence-corrected chi connectivity index (χ1v) is 8.97. The normalized spacial score (nSPS) is 10.5. The van der Waals surface area contributed by atoms with Crippen molar-refractivity contribution in [3.8, 4) is 11.5 Å². The molecule has 0 unspecified atom stereocenters. The second kappa shape index (κ2) is 9.48. The lowest BCUT2D eigenvalue weighted by molar-refractivity contribution is 0.102. The average molecular weight is 377 g/mol. The molecular formula is C21H23N5O2. The van der Waals surface area contributed by atoms with Gasteiger partial charge in [0.15, 0.2) is 5.75 Å². The summed E-state index contributed by atoms with van der Waals surface area (Å²) in [6, 6.07) is 18.3. The van der Waals surface area contributed by atoms with Crippen LogP contribution in [0, 0.1) is 0 Å². The van der Waals surface area contributed by atoms with Crippen LogP contribution in [0.25, 0.3) is 0 Å². The van der Waals surface area contributed by atoms with E-state index < -0.39 is 0 Å². The van der Waals surface area contributed by atoms with Gasteiger partial charge in [-0.2, -0.15) is 0 Å². The van der Waals surface area contributed by atoms with E-state index in [-0.39, 0.29) is 11.6 Å². The van der Waals surface area contributed by atoms with Gasteiger partial charge >= 0.3 is 0 Å². The molecule has 3 aromatic rings. The first-order chi connectivity index (χ1) is 13.6. The number of hydrogen-bond acceptors (Lipinski definition) is 6. The van der Waals surface area contributed by atoms with Crippen LogP contribution >= 0.6 is 0 Å². The quantitative estimate of drug-likeness (QED) is 0.626. The molecule has 0 fully saturated rings. The average Bonchev–Trinajstić information content (AvgIpc) is 2.70. The van der Waals surface area contributed by atoms with Gasteiger partial charge in [-0.1, -0.05) is 30.3 Å². The molecule has 0 saturated carbocycles. The number of benzene rings is 2. The molecule has 7 nitrogen and oxygen atoms in total. The van der Waals surface area contributed by atoms with Crippen molar-refractivity contribution in [3.63, 3.8) is 0 Å². The van der Waals surface area contributed by atoms with E-state index in [1.165, 1.54) is 0 Å². The van der Waals surface area contributed by atoms with Crippen molar-refractivity contribution in [2.45, 2.75) is 0 Å². The highest BCUT2D eigenvalue weighted by molar-refractivity contribution is 6.03. The van der Waals surface area contributed by atoms with Crippen LogP contribution < -0.4 is 15.4 Å². The molecule has 2 N–H and O–H groups in total. The Kier molecular flexibility index (Phi) is 6.54. The van der Waals surface area contributed by atoms with Crippen molar-refractivity contribution in [1.82, 2.24) is 14.9 Å². The van der Waals surface area contributed by atoms with E-state index in [0.29, 0.717) is 29.7 Å². The minimum Gasteiger partial charge on any atom is -0.455 e. The number of ether oxygens (including phenoxy) is 1. The number of anilines is 2. The monoisotopic (exact) mass is 377 g/mol. The van der Waals surface area contributed by atoms with Crippen LogP contribution in [0.3, 0.4) is 0 Å². The third-order valence-corrected chi connectivity index (χ3v) is 3.84. The Morgan fingerprint density at radius 1 is 1.04 bits per heavy atom. The largest absolute Gasteiger partial charge is 0.455 e. The van der Waals surface area contributed by atoms with Crippen molar-refractivity contribution in [2.75, 3.05) is 37.8 Å². The number of carbonyl (C=O) groups excluding carboxylic acids is 1. The van der Waals surface area contributed by atoms with Crippen molar-refractivity contribution in [1.29, 1.82) is 0 Å². The van der Waals surface area contributed by atoms with E-state index in [2.05, 4.69) is 20.6 Å². The summed E-state index contributed by atoms with van der Waals surface area (Å²) in [7, 11) is 3.97. The molecule has 144 valence electrons. The fourth-order valence-corrected chi connectivity index (χ4v) is 2.42. The molecule has 0 aliphatic heterocycles. The summed E-state index contributed by atoms with van der Waals surface area (Å²) in [6.07, 6.45) is 1.56. The van der Waals surface area contributed by atoms with Crippen molar-refractivity contribution >= 4 is 17.5 Å². The summed E-state index contributed by atoms with van der Waals surface area (Å²) in [6.45, 7) is 1.52. The molecule has 1 amide bonds. The van der Waals surface area contributed by atoms with Gasteiger partial charge in [0.1, 0.15) is 11.4 Å². The third kappa shape index (κ3) is 5.52. The van der Waals surface area contributed by atoms with Crippen LogP contribution in [-0.4, -0.2) is 48.0 Å². The maximum absolute atomic E-state index is 12.7. The molecule has 0 spiro atoms. The summed E-state index contributed by atoms with van der Waals surface area (Å²) >= 11 is 0. The van der Waals surface area contributed by atoms with Gasteiger partial charge in [0.2, 0.25) is 5.95 Å². The van der Waals surface area contributed by atoms with E-state index in [0.717, 1.165) is 6.54 Å². The predicted octanol–water partition coefficient (Wildman–Crippen LogP) is 3.49. The molecule has 28 heavy (non-hydrogen) atoms. The number of carbonyl (C=O) groups is 1. The van der Waals surface area contributed by atoms with Crippen molar-refractivity contribution in [3.05, 3.63) is 72.6 Å². The number of para-hydroxylation sites is 3. The molecule has 1 aromatic heterocycles. The number of aromatic nitrogens is 2. The van der Waals surface area contributed by atoms with E-state index in [1.54, 1.807) is 24.4 Å². The standard InChI is InChI=1S/C21H23N5O2/c1-26(2)15-14-23-21-22-13-12-18(25-21)20(27)24-17-10-6-7-11-19(17)28-16-8-4-3-5-9-16/h3-13H,14-15H2,1-2H3,(H,24,27)(H,22,23,25). The minimum absolute atomic E-state index is 0.275. The Balaban J connectivity index is 1.70. The number of amides is 1. The van der Waals surface area contributed by atoms with Gasteiger partial charge in [0, 0.05) is 19.3 Å². The zero-order valence-electron chi connectivity index (χ0n) is 15.9. The lowest BCUT2D eigenvalue weighted by Crippen LogP contribution is -2.22. The number of hydrogen-bond donors (Lipinski definition) is 2. The van der Waals surface area contributed by atoms with E-state index in [1.807, 2.05) is 61.5 Å². The highest BCUT2D eigenvalue weighted by Gasteiger charge is 2.12. The van der Waals surface area contributed by atoms with E-state index in [9.17, 15) is 4.79 Å². The van der Waals surface area contributed by atoms with Crippen molar-refractivity contribution in [2.24, 2.45) is 0 Å². The Morgan fingerprint density at radius 2 is 1.79 bits per heavy atom. The van der Waals surface area contributed by atoms with Crippen LogP contribution in [0.5, 0.6) is 11.5 Å². The topological polar surface area (TPSA) is 79.4 Å². The van der Waals surface area contributed by atoms with Crippen molar-refractivity contribution < 1.29 is 9.53 Å². The maximum Gasteiger partial charge on any atom is 0.274 e. The van der Waals surface area contributed by atoms with Crippen LogP contribution in [0.15, 0.2) is 66.9 Å². The molecule has 0 bridgehead atoms. The molecule has 0 aliphatic rings. The number of nitrogens with zero attached hydrogens (tertiary/aromatic N) is 3. The zero-order valence-corrected chi connectivity index (χ0v) is 15.9. The molecule has 0 aliphatic carbocycles. The van der Waals surface area contributed by atoms with Gasteiger partial charge in [-0.3, -0.25) is 4.79 Å². The van der Waals surface area contributed by atoms with Crippen LogP contribution in [0.2, 0.25) is 0 Å². The fraction of sp³-hybridized carbons (Fsp3) is 0.190. The van der Waals surface area contributed by atoms with Gasteiger partial charge in [-0.15, -0.1) is 0 Å². The number of likely N-dealkylation sites (N-methyl/N-ethyl adjacent to an activating group) is 1. The molecule has 3 rings (SSSR count). The minimum atomic E-state index is -0.331. The van der Waals surface area contributed by atoms with Gasteiger partial charge in [0.05, 0.1) is 5.69 Å². The molecule has 0 atom stereocenters. The van der Waals surface area contributed by atoms with Crippen LogP contribution in [0.1, 0.15) is 10.5 Å². The first kappa shape index (κ1) is 19.3. The van der Waals surface area contributed by atoms with Gasteiger partial charge < -0.3 is 20.3 Å². The van der Waals surface area contributed by atoms with Gasteiger partial charge in [-0.25, -0.2) is 9.97 Å².